The number of carbonyl (C=O) groups excluding carboxylic acids is 1. The highest BCUT2D eigenvalue weighted by Crippen LogP contribution is 2.21. The summed E-state index contributed by atoms with van der Waals surface area (Å²) in [6.07, 6.45) is -11.5. The molecule has 6 heteroatoms. The first-order valence-corrected chi connectivity index (χ1v) is 9.30. The summed E-state index contributed by atoms with van der Waals surface area (Å²) in [6, 6.07) is -6.17. The van der Waals surface area contributed by atoms with E-state index in [0.29, 0.717) is 0 Å². The first-order chi connectivity index (χ1) is 19.6. The average Bonchev–Trinajstić information content (AvgIpc) is 3.22. The van der Waals surface area contributed by atoms with Gasteiger partial charge in [0.25, 0.3) is 0 Å². The maximum atomic E-state index is 12.5. The number of rotatable bonds is 9. The van der Waals surface area contributed by atoms with Gasteiger partial charge in [-0.3, -0.25) is 4.79 Å². The van der Waals surface area contributed by atoms with Crippen LogP contribution in [0.5, 0.6) is 0 Å². The third-order valence-corrected chi connectivity index (χ3v) is 4.08. The van der Waals surface area contributed by atoms with Crippen LogP contribution in [0.15, 0.2) is 53.7 Å². The van der Waals surface area contributed by atoms with Gasteiger partial charge in [-0.15, -0.1) is 11.3 Å². The van der Waals surface area contributed by atoms with E-state index in [1.807, 2.05) is 0 Å². The predicted octanol–water partition coefficient (Wildman–Crippen LogP) is 4.66. The van der Waals surface area contributed by atoms with Crippen LogP contribution >= 0.6 is 11.3 Å². The lowest BCUT2D eigenvalue weighted by molar-refractivity contribution is -0.115. The molecule has 2 aromatic carbocycles. The maximum absolute atomic E-state index is 12.5. The van der Waals surface area contributed by atoms with E-state index in [9.17, 15) is 9.90 Å². The molecule has 1 amide bonds. The van der Waals surface area contributed by atoms with Crippen molar-refractivity contribution in [3.8, 4) is 0 Å². The Balaban J connectivity index is 1.93. The van der Waals surface area contributed by atoms with Crippen LogP contribution in [0.25, 0.3) is 0 Å². The number of hydrogen-bond donors (Lipinski definition) is 3. The topological polar surface area (TPSA) is 88.2 Å². The summed E-state index contributed by atoms with van der Waals surface area (Å²) < 4.78 is 115. The van der Waals surface area contributed by atoms with Crippen molar-refractivity contribution in [2.45, 2.75) is 45.0 Å². The third-order valence-electron chi connectivity index (χ3n) is 3.44. The normalized spacial score (nSPS) is 20.9. The number of thiazole rings is 1. The molecular weight excluding hydrogens is 382 g/mol. The minimum atomic E-state index is -3.34. The molecule has 0 aliphatic carbocycles. The SMILES string of the molecule is [2H]c1sc(N)nc1CC(=O)Nc1c([2H])c([2H])c(C([2H])([2H])CCC([2H])([2H])[C@]([2H])(O)c2c([2H])c([2H])c([2H])c(C)c2[2H])c([2H])c1[2H]. The summed E-state index contributed by atoms with van der Waals surface area (Å²) in [6.45, 7) is 1.24. The maximum Gasteiger partial charge on any atom is 0.230 e. The molecule has 4 N–H and O–H groups in total. The number of hydrogen-bond acceptors (Lipinski definition) is 5. The monoisotopic (exact) mass is 423 g/mol. The number of aromatic nitrogens is 1. The summed E-state index contributed by atoms with van der Waals surface area (Å²) in [7, 11) is 0. The Hall–Kier alpha value is -2.70. The van der Waals surface area contributed by atoms with Gasteiger partial charge < -0.3 is 16.2 Å². The van der Waals surface area contributed by atoms with Gasteiger partial charge in [-0.25, -0.2) is 4.98 Å². The molecule has 3 rings (SSSR count). The first-order valence-electron chi connectivity index (χ1n) is 15.5. The van der Waals surface area contributed by atoms with Crippen LogP contribution in [0, 0.1) is 6.92 Å². The van der Waals surface area contributed by atoms with Crippen molar-refractivity contribution in [3.05, 3.63) is 76.1 Å². The summed E-state index contributed by atoms with van der Waals surface area (Å²) >= 11 is 0.832. The highest BCUT2D eigenvalue weighted by Gasteiger charge is 2.08. The zero-order chi connectivity index (χ0) is 33.0. The Labute approximate surface area is 195 Å². The second-order valence-corrected chi connectivity index (χ2v) is 6.60. The van der Waals surface area contributed by atoms with E-state index < -0.39 is 109 Å². The van der Waals surface area contributed by atoms with Crippen LogP contribution in [0.2, 0.25) is 0 Å². The van der Waals surface area contributed by atoms with Crippen molar-refractivity contribution in [2.75, 3.05) is 11.1 Å². The molecule has 1 aromatic heterocycles. The minimum Gasteiger partial charge on any atom is -0.388 e. The summed E-state index contributed by atoms with van der Waals surface area (Å²) in [4.78, 5) is 16.4. The van der Waals surface area contributed by atoms with Gasteiger partial charge in [0.15, 0.2) is 5.13 Å². The number of aliphatic hydroxyl groups is 1. The number of benzene rings is 2. The molecule has 152 valence electrons. The van der Waals surface area contributed by atoms with Crippen LogP contribution in [0.4, 0.5) is 10.8 Å². The molecule has 0 spiro atoms. The van der Waals surface area contributed by atoms with E-state index in [4.69, 9.17) is 24.9 Å². The number of nitrogens with one attached hydrogen (secondary N) is 1. The lowest BCUT2D eigenvalue weighted by Gasteiger charge is -2.11. The quantitative estimate of drug-likeness (QED) is 0.467. The van der Waals surface area contributed by atoms with Crippen LogP contribution in [-0.4, -0.2) is 16.0 Å². The second kappa shape index (κ2) is 10.2. The Morgan fingerprint density at radius 3 is 2.86 bits per heavy atom. The molecule has 5 nitrogen and oxygen atoms in total. The highest BCUT2D eigenvalue weighted by atomic mass is 32.1. The van der Waals surface area contributed by atoms with Crippen LogP contribution < -0.4 is 11.1 Å². The molecule has 1 heterocycles. The van der Waals surface area contributed by atoms with Gasteiger partial charge in [-0.1, -0.05) is 48.2 Å². The van der Waals surface area contributed by atoms with Gasteiger partial charge in [0.1, 0.15) is 0 Å². The zero-order valence-electron chi connectivity index (χ0n) is 29.4. The van der Waals surface area contributed by atoms with Gasteiger partial charge in [0, 0.05) is 16.5 Å². The lowest BCUT2D eigenvalue weighted by atomic mass is 10.00. The van der Waals surface area contributed by atoms with Crippen molar-refractivity contribution in [2.24, 2.45) is 0 Å². The van der Waals surface area contributed by atoms with Gasteiger partial charge in [-0.05, 0) is 49.3 Å². The standard InChI is InChI=1S/C23H27N3O2S/c1-16-5-4-7-18(13-16)21(27)8-3-2-6-17-9-11-19(12-10-17)25-22(28)14-20-15-29-23(24)26-20/h4-5,7,9-13,15,21,27H,2-3,6,8,14H2,1H3,(H2,24,26)(H,25,28)/t21-/m0/s1/i4D,5D,6D2,7D,8D2,9D,10D,11D,12D,13D,15D,21D. The van der Waals surface area contributed by atoms with E-state index in [2.05, 4.69) is 10.3 Å². The number of nitrogen functional groups attached to an aromatic ring is 1. The molecule has 0 aliphatic heterocycles. The minimum absolute atomic E-state index is 0.0339. The Bertz CT molecular complexity index is 1550. The molecule has 29 heavy (non-hydrogen) atoms. The number of anilines is 2. The molecule has 0 unspecified atom stereocenters. The predicted molar refractivity (Wildman–Crippen MR) is 119 cm³/mol. The van der Waals surface area contributed by atoms with Gasteiger partial charge >= 0.3 is 0 Å². The smallest absolute Gasteiger partial charge is 0.230 e. The zero-order valence-corrected chi connectivity index (χ0v) is 16.2. The second-order valence-electron chi connectivity index (χ2n) is 5.78. The van der Waals surface area contributed by atoms with Crippen LogP contribution in [0.1, 0.15) is 66.9 Å². The average molecular weight is 424 g/mol. The summed E-state index contributed by atoms with van der Waals surface area (Å²) in [5, 5.41) is 13.1. The number of carbonyl (C=O) groups is 1. The van der Waals surface area contributed by atoms with Crippen molar-refractivity contribution < 1.29 is 29.1 Å². The molecule has 0 bridgehead atoms. The van der Waals surface area contributed by atoms with E-state index in [1.165, 1.54) is 6.92 Å². The molecule has 0 aliphatic rings. The fourth-order valence-corrected chi connectivity index (χ4v) is 2.67. The number of nitrogens with zero attached hydrogens (tertiary/aromatic N) is 1. The van der Waals surface area contributed by atoms with Crippen molar-refractivity contribution in [1.29, 1.82) is 0 Å². The van der Waals surface area contributed by atoms with Crippen molar-refractivity contribution >= 4 is 28.1 Å². The van der Waals surface area contributed by atoms with Crippen LogP contribution in [0.3, 0.4) is 0 Å². The van der Waals surface area contributed by atoms with E-state index >= 15 is 0 Å². The van der Waals surface area contributed by atoms with Crippen LogP contribution in [-0.2, 0) is 17.6 Å². The molecule has 0 radical (unpaired) electrons. The Kier molecular flexibility index (Phi) is 3.30. The molecule has 0 saturated carbocycles. The summed E-state index contributed by atoms with van der Waals surface area (Å²) in [5.74, 6) is -0.828. The van der Waals surface area contributed by atoms with E-state index in [0.717, 1.165) is 11.3 Å². The van der Waals surface area contributed by atoms with Gasteiger partial charge in [0.05, 0.1) is 31.9 Å². The van der Waals surface area contributed by atoms with E-state index in [-0.39, 0.29) is 21.7 Å². The molecule has 0 saturated heterocycles. The Morgan fingerprint density at radius 1 is 1.34 bits per heavy atom. The molecule has 3 aromatic rings. The van der Waals surface area contributed by atoms with Crippen molar-refractivity contribution in [1.82, 2.24) is 4.98 Å². The third kappa shape index (κ3) is 6.69. The van der Waals surface area contributed by atoms with Gasteiger partial charge in [0.2, 0.25) is 5.91 Å². The largest absolute Gasteiger partial charge is 0.388 e. The lowest BCUT2D eigenvalue weighted by Crippen LogP contribution is -2.14. The summed E-state index contributed by atoms with van der Waals surface area (Å²) in [5.41, 5.74) is 3.18. The van der Waals surface area contributed by atoms with Gasteiger partial charge in [-0.2, -0.15) is 0 Å². The highest BCUT2D eigenvalue weighted by molar-refractivity contribution is 7.13. The fourth-order valence-electron chi connectivity index (χ4n) is 2.18. The number of nitrogens with two attached hydrogens (primary N) is 1. The number of amides is 1. The molecule has 1 atom stereocenters. The fraction of sp³-hybridized carbons (Fsp3) is 0.304. The van der Waals surface area contributed by atoms with Crippen molar-refractivity contribution in [3.63, 3.8) is 0 Å². The first kappa shape index (κ1) is 9.41. The molecular formula is C23H27N3O2S. The van der Waals surface area contributed by atoms with E-state index in [1.54, 1.807) is 0 Å². The Morgan fingerprint density at radius 2 is 2.14 bits per heavy atom. The molecule has 0 fully saturated rings.